The van der Waals surface area contributed by atoms with Crippen LogP contribution in [-0.2, 0) is 14.3 Å². The number of ether oxygens (including phenoxy) is 1. The van der Waals surface area contributed by atoms with Crippen LogP contribution in [0.15, 0.2) is 0 Å². The largest absolute Gasteiger partial charge is 0.481 e. The van der Waals surface area contributed by atoms with Crippen LogP contribution >= 0.6 is 0 Å². The molecule has 8 heteroatoms. The highest BCUT2D eigenvalue weighted by atomic mass is 19.4. The van der Waals surface area contributed by atoms with Crippen LogP contribution in [0, 0.1) is 0 Å². The third-order valence-corrected chi connectivity index (χ3v) is 1.15. The predicted octanol–water partition coefficient (Wildman–Crippen LogP) is 0.156. The molecule has 88 valence electrons. The second kappa shape index (κ2) is 6.23. The second-order valence-corrected chi connectivity index (χ2v) is 2.59. The number of carbonyl (C=O) groups is 2. The number of halogens is 3. The fourth-order valence-corrected chi connectivity index (χ4v) is 0.650. The minimum absolute atomic E-state index is 0.151. The van der Waals surface area contributed by atoms with Crippen molar-refractivity contribution in [3.8, 4) is 0 Å². The lowest BCUT2D eigenvalue weighted by molar-refractivity contribution is -0.173. The fourth-order valence-electron chi connectivity index (χ4n) is 0.650. The first kappa shape index (κ1) is 13.7. The minimum Gasteiger partial charge on any atom is -0.481 e. The van der Waals surface area contributed by atoms with E-state index in [1.54, 1.807) is 0 Å². The number of nitrogens with one attached hydrogen (secondary N) is 1. The van der Waals surface area contributed by atoms with E-state index in [9.17, 15) is 22.8 Å². The van der Waals surface area contributed by atoms with Gasteiger partial charge in [-0.05, 0) is 0 Å². The van der Waals surface area contributed by atoms with E-state index >= 15 is 0 Å². The number of hydrogen-bond acceptors (Lipinski definition) is 3. The van der Waals surface area contributed by atoms with Gasteiger partial charge in [0.15, 0.2) is 0 Å². The molecule has 2 N–H and O–H groups in total. The van der Waals surface area contributed by atoms with Crippen LogP contribution in [0.3, 0.4) is 0 Å². The van der Waals surface area contributed by atoms with Crippen molar-refractivity contribution in [2.45, 2.75) is 12.6 Å². The number of hydrogen-bond donors (Lipinski definition) is 2. The normalized spacial score (nSPS) is 11.1. The van der Waals surface area contributed by atoms with Crippen LogP contribution in [0.2, 0.25) is 0 Å². The highest BCUT2D eigenvalue weighted by Gasteiger charge is 2.27. The molecule has 0 unspecified atom stereocenters. The molecule has 0 aliphatic rings. The number of alkyl halides is 3. The lowest BCUT2D eigenvalue weighted by Crippen LogP contribution is -2.30. The van der Waals surface area contributed by atoms with Crippen molar-refractivity contribution in [1.82, 2.24) is 5.32 Å². The third-order valence-electron chi connectivity index (χ3n) is 1.15. The van der Waals surface area contributed by atoms with Gasteiger partial charge in [-0.15, -0.1) is 0 Å². The van der Waals surface area contributed by atoms with E-state index in [1.165, 1.54) is 0 Å². The number of carboxylic acid groups (broad SMARTS) is 1. The molecule has 15 heavy (non-hydrogen) atoms. The van der Waals surface area contributed by atoms with E-state index in [4.69, 9.17) is 5.11 Å². The zero-order valence-electron chi connectivity index (χ0n) is 7.63. The Bertz CT molecular complexity index is 229. The summed E-state index contributed by atoms with van der Waals surface area (Å²) in [6.45, 7) is -1.85. The van der Waals surface area contributed by atoms with Crippen molar-refractivity contribution in [3.05, 3.63) is 0 Å². The molecule has 1 amide bonds. The molecular weight excluding hydrogens is 219 g/mol. The fraction of sp³-hybridized carbons (Fsp3) is 0.714. The zero-order chi connectivity index (χ0) is 11.9. The van der Waals surface area contributed by atoms with Gasteiger partial charge < -0.3 is 15.2 Å². The highest BCUT2D eigenvalue weighted by molar-refractivity contribution is 5.93. The SMILES string of the molecule is O=C(O)CC(=O)NCCOCC(F)(F)F. The number of rotatable bonds is 6. The van der Waals surface area contributed by atoms with Gasteiger partial charge in [0.25, 0.3) is 0 Å². The second-order valence-electron chi connectivity index (χ2n) is 2.59. The maximum absolute atomic E-state index is 11.5. The molecule has 0 fully saturated rings. The van der Waals surface area contributed by atoms with Crippen molar-refractivity contribution in [2.24, 2.45) is 0 Å². The van der Waals surface area contributed by atoms with E-state index in [0.29, 0.717) is 0 Å². The summed E-state index contributed by atoms with van der Waals surface area (Å²) < 4.78 is 38.7. The Morgan fingerprint density at radius 1 is 1.33 bits per heavy atom. The van der Waals surface area contributed by atoms with Crippen molar-refractivity contribution in [1.29, 1.82) is 0 Å². The van der Waals surface area contributed by atoms with E-state index in [2.05, 4.69) is 10.1 Å². The smallest absolute Gasteiger partial charge is 0.411 e. The summed E-state index contributed by atoms with van der Waals surface area (Å²) in [5, 5.41) is 10.2. The van der Waals surface area contributed by atoms with Gasteiger partial charge in [-0.25, -0.2) is 0 Å². The van der Waals surface area contributed by atoms with Crippen molar-refractivity contribution >= 4 is 11.9 Å². The molecule has 0 aliphatic heterocycles. The Balaban J connectivity index is 3.39. The van der Waals surface area contributed by atoms with E-state index in [0.717, 1.165) is 0 Å². The molecule has 0 bridgehead atoms. The number of carbonyl (C=O) groups excluding carboxylic acids is 1. The van der Waals surface area contributed by atoms with E-state index < -0.39 is 31.1 Å². The van der Waals surface area contributed by atoms with E-state index in [1.807, 2.05) is 0 Å². The van der Waals surface area contributed by atoms with Gasteiger partial charge in [0.2, 0.25) is 5.91 Å². The molecule has 0 aliphatic carbocycles. The summed E-state index contributed by atoms with van der Waals surface area (Å²) in [7, 11) is 0. The molecule has 0 saturated heterocycles. The van der Waals surface area contributed by atoms with E-state index in [-0.39, 0.29) is 13.2 Å². The molecule has 0 aromatic carbocycles. The molecule has 0 saturated carbocycles. The van der Waals surface area contributed by atoms with Crippen molar-refractivity contribution in [3.63, 3.8) is 0 Å². The summed E-state index contributed by atoms with van der Waals surface area (Å²) in [6, 6.07) is 0. The lowest BCUT2D eigenvalue weighted by Gasteiger charge is -2.07. The Hall–Kier alpha value is -1.31. The average molecular weight is 229 g/mol. The summed E-state index contributed by atoms with van der Waals surface area (Å²) in [6.07, 6.45) is -5.11. The van der Waals surface area contributed by atoms with Crippen LogP contribution < -0.4 is 5.32 Å². The summed E-state index contributed by atoms with van der Waals surface area (Å²) >= 11 is 0. The molecule has 5 nitrogen and oxygen atoms in total. The molecule has 0 radical (unpaired) electrons. The van der Waals surface area contributed by atoms with Crippen molar-refractivity contribution in [2.75, 3.05) is 19.8 Å². The predicted molar refractivity (Wildman–Crippen MR) is 42.1 cm³/mol. The lowest BCUT2D eigenvalue weighted by atomic mass is 10.4. The summed E-state index contributed by atoms with van der Waals surface area (Å²) in [5.74, 6) is -2.07. The van der Waals surface area contributed by atoms with Crippen LogP contribution in [-0.4, -0.2) is 42.9 Å². The van der Waals surface area contributed by atoms with Gasteiger partial charge in [-0.3, -0.25) is 9.59 Å². The quantitative estimate of drug-likeness (QED) is 0.502. The number of aliphatic carboxylic acids is 1. The first-order chi connectivity index (χ1) is 6.81. The highest BCUT2D eigenvalue weighted by Crippen LogP contribution is 2.13. The molecule has 0 spiro atoms. The molecular formula is C7H10F3NO4. The maximum atomic E-state index is 11.5. The molecule has 0 atom stereocenters. The summed E-state index contributed by atoms with van der Waals surface area (Å²) in [5.41, 5.74) is 0. The first-order valence-electron chi connectivity index (χ1n) is 3.94. The van der Waals surface area contributed by atoms with Gasteiger partial charge in [0, 0.05) is 6.54 Å². The number of carboxylic acids is 1. The van der Waals surface area contributed by atoms with Gasteiger partial charge >= 0.3 is 12.1 Å². The first-order valence-corrected chi connectivity index (χ1v) is 3.94. The third kappa shape index (κ3) is 10.6. The summed E-state index contributed by atoms with van der Waals surface area (Å²) in [4.78, 5) is 20.6. The topological polar surface area (TPSA) is 75.6 Å². The molecule has 0 heterocycles. The van der Waals surface area contributed by atoms with Gasteiger partial charge in [-0.1, -0.05) is 0 Å². The Labute approximate surface area is 83.2 Å². The Morgan fingerprint density at radius 2 is 1.93 bits per heavy atom. The molecule has 0 aromatic heterocycles. The van der Waals surface area contributed by atoms with Crippen LogP contribution in [0.25, 0.3) is 0 Å². The maximum Gasteiger partial charge on any atom is 0.411 e. The van der Waals surface area contributed by atoms with Gasteiger partial charge in [-0.2, -0.15) is 13.2 Å². The zero-order valence-corrected chi connectivity index (χ0v) is 7.63. The standard InChI is InChI=1S/C7H10F3NO4/c8-7(9,10)4-15-2-1-11-5(12)3-6(13)14/h1-4H2,(H,11,12)(H,13,14). The van der Waals surface area contributed by atoms with Crippen LogP contribution in [0.1, 0.15) is 6.42 Å². The van der Waals surface area contributed by atoms with Gasteiger partial charge in [0.1, 0.15) is 13.0 Å². The van der Waals surface area contributed by atoms with Crippen LogP contribution in [0.5, 0.6) is 0 Å². The monoisotopic (exact) mass is 229 g/mol. The van der Waals surface area contributed by atoms with Crippen LogP contribution in [0.4, 0.5) is 13.2 Å². The Morgan fingerprint density at radius 3 is 2.40 bits per heavy atom. The number of amides is 1. The van der Waals surface area contributed by atoms with Gasteiger partial charge in [0.05, 0.1) is 6.61 Å². The van der Waals surface area contributed by atoms with Crippen molar-refractivity contribution < 1.29 is 32.6 Å². The minimum atomic E-state index is -4.40. The average Bonchev–Trinajstić information content (AvgIpc) is 1.99. The Kier molecular flexibility index (Phi) is 5.68. The molecule has 0 aromatic rings. The molecule has 0 rings (SSSR count).